The van der Waals surface area contributed by atoms with E-state index in [0.717, 1.165) is 0 Å². The van der Waals surface area contributed by atoms with Gasteiger partial charge in [-0.1, -0.05) is 23.2 Å². The van der Waals surface area contributed by atoms with Crippen LogP contribution in [0.5, 0.6) is 11.5 Å². The van der Waals surface area contributed by atoms with Gasteiger partial charge in [0.05, 0.1) is 28.6 Å². The van der Waals surface area contributed by atoms with Gasteiger partial charge in [0.15, 0.2) is 0 Å². The fourth-order valence-electron chi connectivity index (χ4n) is 1.74. The first-order valence-corrected chi connectivity index (χ1v) is 6.46. The number of halogens is 2. The van der Waals surface area contributed by atoms with Crippen molar-refractivity contribution in [1.29, 1.82) is 0 Å². The van der Waals surface area contributed by atoms with Crippen LogP contribution in [0.15, 0.2) is 18.3 Å². The Morgan fingerprint density at radius 1 is 1.06 bits per heavy atom. The normalized spacial score (nSPS) is 10.7. The van der Waals surface area contributed by atoms with E-state index in [1.54, 1.807) is 0 Å². The van der Waals surface area contributed by atoms with Crippen LogP contribution in [-0.2, 0) is 0 Å². The maximum atomic E-state index is 6.23. The number of hydrogen-bond donors (Lipinski definition) is 0. The van der Waals surface area contributed by atoms with Crippen LogP contribution in [0.1, 0.15) is 13.8 Å². The predicted molar refractivity (Wildman–Crippen MR) is 74.1 cm³/mol. The highest BCUT2D eigenvalue weighted by Gasteiger charge is 2.14. The summed E-state index contributed by atoms with van der Waals surface area (Å²) < 4.78 is 11.1. The molecule has 2 rings (SSSR count). The molecule has 0 radical (unpaired) electrons. The molecule has 0 saturated carbocycles. The lowest BCUT2D eigenvalue weighted by Gasteiger charge is -2.12. The molecule has 3 nitrogen and oxygen atoms in total. The molecule has 2 aromatic rings. The largest absolute Gasteiger partial charge is 0.493 e. The third kappa shape index (κ3) is 2.33. The second-order valence-electron chi connectivity index (χ2n) is 3.57. The van der Waals surface area contributed by atoms with Gasteiger partial charge in [0.1, 0.15) is 17.0 Å². The third-order valence-electron chi connectivity index (χ3n) is 2.44. The quantitative estimate of drug-likeness (QED) is 0.837. The van der Waals surface area contributed by atoms with Gasteiger partial charge < -0.3 is 9.47 Å². The molecule has 18 heavy (non-hydrogen) atoms. The van der Waals surface area contributed by atoms with E-state index in [4.69, 9.17) is 32.7 Å². The van der Waals surface area contributed by atoms with Crippen LogP contribution < -0.4 is 9.47 Å². The molecule has 0 bridgehead atoms. The van der Waals surface area contributed by atoms with Crippen molar-refractivity contribution in [1.82, 2.24) is 4.98 Å². The van der Waals surface area contributed by atoms with Crippen molar-refractivity contribution in [3.05, 3.63) is 28.4 Å². The molecule has 0 spiro atoms. The van der Waals surface area contributed by atoms with Gasteiger partial charge in [-0.2, -0.15) is 0 Å². The Bertz CT molecular complexity index is 572. The van der Waals surface area contributed by atoms with E-state index in [2.05, 4.69) is 4.98 Å². The first-order valence-electron chi connectivity index (χ1n) is 5.71. The summed E-state index contributed by atoms with van der Waals surface area (Å²) in [5.41, 5.74) is 0.664. The van der Waals surface area contributed by atoms with Gasteiger partial charge in [-0.25, -0.2) is 0 Å². The number of pyridine rings is 1. The van der Waals surface area contributed by atoms with E-state index in [-0.39, 0.29) is 0 Å². The molecule has 0 aliphatic heterocycles. The van der Waals surface area contributed by atoms with Crippen LogP contribution in [0.4, 0.5) is 0 Å². The summed E-state index contributed by atoms with van der Waals surface area (Å²) in [7, 11) is 0. The molecule has 0 N–H and O–H groups in total. The van der Waals surface area contributed by atoms with E-state index in [9.17, 15) is 0 Å². The van der Waals surface area contributed by atoms with Crippen molar-refractivity contribution in [3.63, 3.8) is 0 Å². The number of nitrogens with zero attached hydrogens (tertiary/aromatic N) is 1. The molecule has 5 heteroatoms. The standard InChI is InChI=1S/C13H13Cl2NO2/c1-3-17-9-5-6-10(18-4-2)13-11(9)12(15)8(14)7-16-13/h5-7H,3-4H2,1-2H3. The van der Waals surface area contributed by atoms with Crippen LogP contribution in [0.3, 0.4) is 0 Å². The molecule has 0 aliphatic carbocycles. The summed E-state index contributed by atoms with van der Waals surface area (Å²) in [6.45, 7) is 4.94. The SMILES string of the molecule is CCOc1ccc(OCC)c2c(Cl)c(Cl)cnc12. The van der Waals surface area contributed by atoms with Gasteiger partial charge in [-0.3, -0.25) is 4.98 Å². The number of benzene rings is 1. The monoisotopic (exact) mass is 285 g/mol. The zero-order valence-corrected chi connectivity index (χ0v) is 11.7. The lowest BCUT2D eigenvalue weighted by atomic mass is 10.2. The predicted octanol–water partition coefficient (Wildman–Crippen LogP) is 4.34. The lowest BCUT2D eigenvalue weighted by molar-refractivity contribution is 0.336. The van der Waals surface area contributed by atoms with E-state index in [0.29, 0.717) is 45.7 Å². The van der Waals surface area contributed by atoms with E-state index < -0.39 is 0 Å². The summed E-state index contributed by atoms with van der Waals surface area (Å²) in [5, 5.41) is 1.53. The van der Waals surface area contributed by atoms with Gasteiger partial charge in [0.25, 0.3) is 0 Å². The summed E-state index contributed by atoms with van der Waals surface area (Å²) in [5.74, 6) is 1.34. The number of fused-ring (bicyclic) bond motifs is 1. The van der Waals surface area contributed by atoms with Gasteiger partial charge in [-0.05, 0) is 26.0 Å². The molecular weight excluding hydrogens is 273 g/mol. The van der Waals surface area contributed by atoms with E-state index >= 15 is 0 Å². The summed E-state index contributed by atoms with van der Waals surface area (Å²) in [6, 6.07) is 3.65. The zero-order chi connectivity index (χ0) is 13.1. The number of hydrogen-bond acceptors (Lipinski definition) is 3. The minimum Gasteiger partial charge on any atom is -0.493 e. The summed E-state index contributed by atoms with van der Waals surface area (Å²) >= 11 is 12.2. The highest BCUT2D eigenvalue weighted by molar-refractivity contribution is 6.45. The topological polar surface area (TPSA) is 31.4 Å². The Morgan fingerprint density at radius 3 is 2.33 bits per heavy atom. The Labute approximate surface area is 116 Å². The number of aromatic nitrogens is 1. The summed E-state index contributed by atoms with van der Waals surface area (Å²) in [6.07, 6.45) is 1.52. The van der Waals surface area contributed by atoms with Crippen LogP contribution in [0.25, 0.3) is 10.9 Å². The van der Waals surface area contributed by atoms with Gasteiger partial charge in [0.2, 0.25) is 0 Å². The molecule has 0 aliphatic rings. The summed E-state index contributed by atoms with van der Waals surface area (Å²) in [4.78, 5) is 4.28. The highest BCUT2D eigenvalue weighted by atomic mass is 35.5. The van der Waals surface area contributed by atoms with E-state index in [1.807, 2.05) is 26.0 Å². The Kier molecular flexibility index (Phi) is 4.15. The van der Waals surface area contributed by atoms with Crippen molar-refractivity contribution in [2.24, 2.45) is 0 Å². The van der Waals surface area contributed by atoms with Crippen LogP contribution in [-0.4, -0.2) is 18.2 Å². The minimum absolute atomic E-state index is 0.402. The third-order valence-corrected chi connectivity index (χ3v) is 3.21. The van der Waals surface area contributed by atoms with E-state index in [1.165, 1.54) is 6.20 Å². The van der Waals surface area contributed by atoms with Crippen molar-refractivity contribution in [3.8, 4) is 11.5 Å². The van der Waals surface area contributed by atoms with Crippen molar-refractivity contribution in [2.75, 3.05) is 13.2 Å². The molecule has 0 unspecified atom stereocenters. The van der Waals surface area contributed by atoms with Crippen molar-refractivity contribution >= 4 is 34.1 Å². The van der Waals surface area contributed by atoms with Crippen molar-refractivity contribution < 1.29 is 9.47 Å². The molecule has 1 aromatic heterocycles. The maximum Gasteiger partial charge on any atom is 0.145 e. The number of ether oxygens (including phenoxy) is 2. The van der Waals surface area contributed by atoms with Crippen LogP contribution in [0.2, 0.25) is 10.0 Å². The first-order chi connectivity index (χ1) is 8.69. The Morgan fingerprint density at radius 2 is 1.67 bits per heavy atom. The van der Waals surface area contributed by atoms with Gasteiger partial charge in [0, 0.05) is 6.20 Å². The lowest BCUT2D eigenvalue weighted by Crippen LogP contribution is -1.98. The zero-order valence-electron chi connectivity index (χ0n) is 10.2. The molecule has 0 amide bonds. The fraction of sp³-hybridized carbons (Fsp3) is 0.308. The molecule has 96 valence electrons. The minimum atomic E-state index is 0.402. The average molecular weight is 286 g/mol. The first kappa shape index (κ1) is 13.2. The number of rotatable bonds is 4. The molecule has 1 heterocycles. The van der Waals surface area contributed by atoms with Crippen molar-refractivity contribution in [2.45, 2.75) is 13.8 Å². The van der Waals surface area contributed by atoms with Gasteiger partial charge in [-0.15, -0.1) is 0 Å². The Balaban J connectivity index is 2.73. The fourth-order valence-corrected chi connectivity index (χ4v) is 2.11. The second-order valence-corrected chi connectivity index (χ2v) is 4.36. The molecular formula is C13H13Cl2NO2. The molecule has 0 saturated heterocycles. The second kappa shape index (κ2) is 5.63. The average Bonchev–Trinajstić information content (AvgIpc) is 2.36. The van der Waals surface area contributed by atoms with Crippen LogP contribution in [0, 0.1) is 0 Å². The smallest absolute Gasteiger partial charge is 0.145 e. The highest BCUT2D eigenvalue weighted by Crippen LogP contribution is 2.39. The molecule has 0 atom stereocenters. The maximum absolute atomic E-state index is 6.23. The van der Waals surface area contributed by atoms with Crippen LogP contribution >= 0.6 is 23.2 Å². The molecule has 1 aromatic carbocycles. The Hall–Kier alpha value is -1.19. The van der Waals surface area contributed by atoms with Gasteiger partial charge >= 0.3 is 0 Å². The molecule has 0 fully saturated rings.